The van der Waals surface area contributed by atoms with Gasteiger partial charge in [-0.05, 0) is 18.6 Å². The van der Waals surface area contributed by atoms with E-state index in [4.69, 9.17) is 0 Å². The standard InChI is InChI=1S/C16H17F3N4O/c1-23-14(4-5-21-23)16-13(2-3-15(24)22-16)20-8-9-6-11(18)12(19)7-10(9)17/h4-7,13,16,20H,2-3,8H2,1H3,(H,22,24)/t13-,16-/m1/s1. The van der Waals surface area contributed by atoms with E-state index in [1.165, 1.54) is 0 Å². The van der Waals surface area contributed by atoms with Crippen molar-refractivity contribution in [2.45, 2.75) is 31.5 Å². The van der Waals surface area contributed by atoms with Gasteiger partial charge in [0.25, 0.3) is 0 Å². The Kier molecular flexibility index (Phi) is 4.57. The summed E-state index contributed by atoms with van der Waals surface area (Å²) in [7, 11) is 1.77. The summed E-state index contributed by atoms with van der Waals surface area (Å²) >= 11 is 0. The minimum atomic E-state index is -1.21. The van der Waals surface area contributed by atoms with E-state index in [2.05, 4.69) is 15.7 Å². The molecule has 0 radical (unpaired) electrons. The van der Waals surface area contributed by atoms with Crippen molar-refractivity contribution in [2.75, 3.05) is 0 Å². The van der Waals surface area contributed by atoms with Crippen LogP contribution in [-0.4, -0.2) is 21.7 Å². The smallest absolute Gasteiger partial charge is 0.220 e. The topological polar surface area (TPSA) is 59.0 Å². The number of hydrogen-bond acceptors (Lipinski definition) is 3. The van der Waals surface area contributed by atoms with Gasteiger partial charge in [-0.15, -0.1) is 0 Å². The molecule has 1 amide bonds. The van der Waals surface area contributed by atoms with Crippen LogP contribution in [0.2, 0.25) is 0 Å². The van der Waals surface area contributed by atoms with Crippen molar-refractivity contribution in [3.8, 4) is 0 Å². The van der Waals surface area contributed by atoms with E-state index in [9.17, 15) is 18.0 Å². The van der Waals surface area contributed by atoms with Crippen molar-refractivity contribution in [3.63, 3.8) is 0 Å². The Morgan fingerprint density at radius 1 is 1.29 bits per heavy atom. The molecule has 2 heterocycles. The first-order valence-electron chi connectivity index (χ1n) is 7.60. The summed E-state index contributed by atoms with van der Waals surface area (Å²) in [4.78, 5) is 11.7. The number of hydrogen-bond donors (Lipinski definition) is 2. The lowest BCUT2D eigenvalue weighted by Gasteiger charge is -2.33. The zero-order chi connectivity index (χ0) is 17.3. The van der Waals surface area contributed by atoms with E-state index in [1.807, 2.05) is 0 Å². The van der Waals surface area contributed by atoms with Crippen LogP contribution < -0.4 is 10.6 Å². The van der Waals surface area contributed by atoms with Crippen LogP contribution in [0.1, 0.15) is 30.1 Å². The molecular weight excluding hydrogens is 321 g/mol. The first-order valence-corrected chi connectivity index (χ1v) is 7.60. The summed E-state index contributed by atoms with van der Waals surface area (Å²) in [5.41, 5.74) is 0.848. The van der Waals surface area contributed by atoms with Crippen molar-refractivity contribution in [1.82, 2.24) is 20.4 Å². The molecule has 8 heteroatoms. The molecule has 0 saturated carbocycles. The Hall–Kier alpha value is -2.35. The van der Waals surface area contributed by atoms with Gasteiger partial charge in [0.15, 0.2) is 11.6 Å². The molecule has 24 heavy (non-hydrogen) atoms. The minimum absolute atomic E-state index is 0.0257. The van der Waals surface area contributed by atoms with Crippen LogP contribution in [0, 0.1) is 17.5 Å². The van der Waals surface area contributed by atoms with Crippen molar-refractivity contribution in [1.29, 1.82) is 0 Å². The molecule has 1 aliphatic heterocycles. The van der Waals surface area contributed by atoms with Crippen molar-refractivity contribution < 1.29 is 18.0 Å². The maximum absolute atomic E-state index is 13.8. The van der Waals surface area contributed by atoms with E-state index >= 15 is 0 Å². The third-order valence-electron chi connectivity index (χ3n) is 4.22. The highest BCUT2D eigenvalue weighted by molar-refractivity contribution is 5.77. The zero-order valence-electron chi connectivity index (χ0n) is 13.0. The van der Waals surface area contributed by atoms with Gasteiger partial charge >= 0.3 is 0 Å². The predicted molar refractivity (Wildman–Crippen MR) is 80.3 cm³/mol. The quantitative estimate of drug-likeness (QED) is 0.838. The van der Waals surface area contributed by atoms with Crippen molar-refractivity contribution >= 4 is 5.91 Å². The summed E-state index contributed by atoms with van der Waals surface area (Å²) in [6, 6.07) is 2.67. The molecule has 3 rings (SSSR count). The number of piperidine rings is 1. The fourth-order valence-electron chi connectivity index (χ4n) is 2.93. The molecule has 128 valence electrons. The molecule has 1 aromatic carbocycles. The molecule has 1 saturated heterocycles. The summed E-state index contributed by atoms with van der Waals surface area (Å²) < 4.78 is 41.7. The second kappa shape index (κ2) is 6.64. The number of benzene rings is 1. The van der Waals surface area contributed by atoms with Gasteiger partial charge in [0.1, 0.15) is 5.82 Å². The molecule has 0 spiro atoms. The van der Waals surface area contributed by atoms with Gasteiger partial charge in [-0.2, -0.15) is 5.10 Å². The predicted octanol–water partition coefficient (Wildman–Crippen LogP) is 1.95. The van der Waals surface area contributed by atoms with Gasteiger partial charge < -0.3 is 10.6 Å². The van der Waals surface area contributed by atoms with Gasteiger partial charge in [-0.3, -0.25) is 9.48 Å². The number of carbonyl (C=O) groups is 1. The van der Waals surface area contributed by atoms with Gasteiger partial charge in [0, 0.05) is 43.9 Å². The molecule has 1 aromatic heterocycles. The second-order valence-corrected chi connectivity index (χ2v) is 5.81. The second-order valence-electron chi connectivity index (χ2n) is 5.81. The van der Waals surface area contributed by atoms with E-state index < -0.39 is 17.5 Å². The summed E-state index contributed by atoms with van der Waals surface area (Å²) in [5.74, 6) is -3.18. The summed E-state index contributed by atoms with van der Waals surface area (Å²) in [5, 5.41) is 10.1. The van der Waals surface area contributed by atoms with Gasteiger partial charge in [-0.25, -0.2) is 13.2 Å². The molecule has 2 N–H and O–H groups in total. The fourth-order valence-corrected chi connectivity index (χ4v) is 2.93. The van der Waals surface area contributed by atoms with Crippen LogP contribution >= 0.6 is 0 Å². The Bertz CT molecular complexity index is 762. The Morgan fingerprint density at radius 3 is 2.75 bits per heavy atom. The number of aromatic nitrogens is 2. The normalized spacial score (nSPS) is 20.9. The van der Waals surface area contributed by atoms with Crippen LogP contribution in [-0.2, 0) is 18.4 Å². The van der Waals surface area contributed by atoms with Crippen LogP contribution in [0.4, 0.5) is 13.2 Å². The lowest BCUT2D eigenvalue weighted by Crippen LogP contribution is -2.48. The Balaban J connectivity index is 1.76. The number of halogens is 3. The number of nitrogens with one attached hydrogen (secondary N) is 2. The molecule has 1 aliphatic rings. The van der Waals surface area contributed by atoms with Crippen LogP contribution in [0.15, 0.2) is 24.4 Å². The molecule has 0 bridgehead atoms. The number of aryl methyl sites for hydroxylation is 1. The largest absolute Gasteiger partial charge is 0.346 e. The Morgan fingerprint density at radius 2 is 2.04 bits per heavy atom. The van der Waals surface area contributed by atoms with Crippen LogP contribution in [0.25, 0.3) is 0 Å². The molecule has 2 aromatic rings. The van der Waals surface area contributed by atoms with E-state index in [1.54, 1.807) is 24.0 Å². The molecule has 1 fully saturated rings. The number of rotatable bonds is 4. The highest BCUT2D eigenvalue weighted by Gasteiger charge is 2.31. The van der Waals surface area contributed by atoms with Crippen molar-refractivity contribution in [2.24, 2.45) is 7.05 Å². The first kappa shape index (κ1) is 16.5. The minimum Gasteiger partial charge on any atom is -0.346 e. The summed E-state index contributed by atoms with van der Waals surface area (Å²) in [6.45, 7) is 0.0257. The molecule has 2 atom stereocenters. The van der Waals surface area contributed by atoms with Gasteiger partial charge in [0.2, 0.25) is 5.91 Å². The third-order valence-corrected chi connectivity index (χ3v) is 4.22. The molecule has 0 aliphatic carbocycles. The number of carbonyl (C=O) groups excluding carboxylic acids is 1. The maximum Gasteiger partial charge on any atom is 0.220 e. The Labute approximate surface area is 136 Å². The number of nitrogens with zero attached hydrogens (tertiary/aromatic N) is 2. The average molecular weight is 338 g/mol. The SMILES string of the molecule is Cn1nccc1[C@@H]1NC(=O)CC[C@H]1NCc1cc(F)c(F)cc1F. The third kappa shape index (κ3) is 3.28. The molecule has 5 nitrogen and oxygen atoms in total. The highest BCUT2D eigenvalue weighted by atomic mass is 19.2. The van der Waals surface area contributed by atoms with Crippen LogP contribution in [0.5, 0.6) is 0 Å². The molecular formula is C16H17F3N4O. The summed E-state index contributed by atoms with van der Waals surface area (Å²) in [6.07, 6.45) is 2.52. The monoisotopic (exact) mass is 338 g/mol. The van der Waals surface area contributed by atoms with Crippen LogP contribution in [0.3, 0.4) is 0 Å². The molecule has 0 unspecified atom stereocenters. The van der Waals surface area contributed by atoms with Gasteiger partial charge in [0.05, 0.1) is 11.7 Å². The van der Waals surface area contributed by atoms with Gasteiger partial charge in [-0.1, -0.05) is 0 Å². The van der Waals surface area contributed by atoms with Crippen molar-refractivity contribution in [3.05, 3.63) is 53.1 Å². The lowest BCUT2D eigenvalue weighted by atomic mass is 9.95. The fraction of sp³-hybridized carbons (Fsp3) is 0.375. The zero-order valence-corrected chi connectivity index (χ0v) is 13.0. The maximum atomic E-state index is 13.8. The highest BCUT2D eigenvalue weighted by Crippen LogP contribution is 2.24. The van der Waals surface area contributed by atoms with E-state index in [0.717, 1.165) is 11.8 Å². The average Bonchev–Trinajstić information content (AvgIpc) is 2.96. The number of amides is 1. The van der Waals surface area contributed by atoms with E-state index in [0.29, 0.717) is 18.9 Å². The first-order chi connectivity index (χ1) is 11.5. The lowest BCUT2D eigenvalue weighted by molar-refractivity contribution is -0.124. The van der Waals surface area contributed by atoms with E-state index in [-0.39, 0.29) is 30.1 Å².